The van der Waals surface area contributed by atoms with E-state index >= 15 is 0 Å². The molecule has 1 N–H and O–H groups in total. The van der Waals surface area contributed by atoms with Crippen molar-refractivity contribution in [3.63, 3.8) is 0 Å². The average molecular weight is 206 g/mol. The summed E-state index contributed by atoms with van der Waals surface area (Å²) in [6.07, 6.45) is 1.76. The van der Waals surface area contributed by atoms with Gasteiger partial charge < -0.3 is 4.90 Å². The number of hydroxylamine groups is 2. The third kappa shape index (κ3) is 1.54. The predicted molar refractivity (Wildman–Crippen MR) is 43.7 cm³/mol. The second kappa shape index (κ2) is 3.24. The Hall–Kier alpha value is -0.660. The van der Waals surface area contributed by atoms with Crippen LogP contribution in [-0.2, 0) is 15.6 Å². The van der Waals surface area contributed by atoms with Gasteiger partial charge >= 0.3 is 17.4 Å². The number of rotatable bonds is 2. The fourth-order valence-electron chi connectivity index (χ4n) is 1.78. The Labute approximate surface area is 77.9 Å². The van der Waals surface area contributed by atoms with Crippen LogP contribution in [0.1, 0.15) is 12.8 Å². The average Bonchev–Trinajstić information content (AvgIpc) is 2.30. The van der Waals surface area contributed by atoms with E-state index in [9.17, 15) is 9.00 Å². The minimum atomic E-state index is -2.41. The highest BCUT2D eigenvalue weighted by atomic mass is 32.2. The smallest absolute Gasteiger partial charge is 0.321 e. The van der Waals surface area contributed by atoms with E-state index in [0.29, 0.717) is 13.1 Å². The predicted octanol–water partition coefficient (Wildman–Crippen LogP) is -0.0453. The maximum absolute atomic E-state index is 11.4. The van der Waals surface area contributed by atoms with Crippen molar-refractivity contribution in [1.82, 2.24) is 9.96 Å². The topological polar surface area (TPSA) is 70.1 Å². The number of fused-ring (bicyclic) bond motifs is 2. The van der Waals surface area contributed by atoms with E-state index in [1.54, 1.807) is 4.90 Å². The van der Waals surface area contributed by atoms with E-state index in [2.05, 4.69) is 4.28 Å². The van der Waals surface area contributed by atoms with E-state index in [1.165, 1.54) is 0 Å². The zero-order valence-corrected chi connectivity index (χ0v) is 7.70. The number of piperidine rings is 1. The maximum Gasteiger partial charge on any atom is 0.345 e. The molecule has 2 rings (SSSR count). The Morgan fingerprint density at radius 3 is 3.00 bits per heavy atom. The number of amides is 2. The molecule has 2 bridgehead atoms. The van der Waals surface area contributed by atoms with Crippen molar-refractivity contribution in [2.24, 2.45) is 0 Å². The first-order valence-electron chi connectivity index (χ1n) is 4.06. The van der Waals surface area contributed by atoms with Crippen molar-refractivity contribution in [1.29, 1.82) is 0 Å². The molecule has 2 heterocycles. The van der Waals surface area contributed by atoms with Gasteiger partial charge in [-0.1, -0.05) is 0 Å². The molecule has 13 heavy (non-hydrogen) atoms. The van der Waals surface area contributed by atoms with Gasteiger partial charge in [-0.25, -0.2) is 4.79 Å². The van der Waals surface area contributed by atoms with Crippen molar-refractivity contribution < 1.29 is 17.8 Å². The molecule has 0 aromatic rings. The molecule has 0 aromatic heterocycles. The Morgan fingerprint density at radius 1 is 1.62 bits per heavy atom. The lowest BCUT2D eigenvalue weighted by Crippen LogP contribution is -2.33. The van der Waals surface area contributed by atoms with Crippen LogP contribution in [0.5, 0.6) is 0 Å². The molecule has 0 spiro atoms. The van der Waals surface area contributed by atoms with Gasteiger partial charge in [0.2, 0.25) is 0 Å². The zero-order chi connectivity index (χ0) is 9.42. The molecule has 2 fully saturated rings. The van der Waals surface area contributed by atoms with Crippen LogP contribution in [-0.4, -0.2) is 43.9 Å². The summed E-state index contributed by atoms with van der Waals surface area (Å²) in [5.74, 6) is 0. The fraction of sp³-hybridized carbons (Fsp3) is 0.833. The summed E-state index contributed by atoms with van der Waals surface area (Å²) < 4.78 is 23.4. The normalized spacial score (nSPS) is 29.6. The first-order valence-corrected chi connectivity index (χ1v) is 5.09. The van der Waals surface area contributed by atoms with Crippen molar-refractivity contribution in [2.45, 2.75) is 18.9 Å². The van der Waals surface area contributed by atoms with Gasteiger partial charge in [0.1, 0.15) is 0 Å². The van der Waals surface area contributed by atoms with Crippen LogP contribution in [0, 0.1) is 0 Å². The van der Waals surface area contributed by atoms with Gasteiger partial charge in [0.05, 0.1) is 6.04 Å². The van der Waals surface area contributed by atoms with E-state index < -0.39 is 11.4 Å². The molecule has 2 aliphatic rings. The molecule has 0 aromatic carbocycles. The SMILES string of the molecule is O=C1N2CCCC(C2)N1OS(=O)O. The second-order valence-electron chi connectivity index (χ2n) is 3.14. The number of urea groups is 1. The first-order chi connectivity index (χ1) is 6.18. The van der Waals surface area contributed by atoms with Crippen LogP contribution in [0.25, 0.3) is 0 Å². The van der Waals surface area contributed by atoms with Gasteiger partial charge in [0.15, 0.2) is 0 Å². The number of carbonyl (C=O) groups is 1. The minimum absolute atomic E-state index is 0.0580. The lowest BCUT2D eigenvalue weighted by atomic mass is 10.1. The third-order valence-corrected chi connectivity index (χ3v) is 2.62. The highest BCUT2D eigenvalue weighted by Gasteiger charge is 2.41. The number of carbonyl (C=O) groups excluding carboxylic acids is 1. The Kier molecular flexibility index (Phi) is 2.22. The van der Waals surface area contributed by atoms with E-state index in [-0.39, 0.29) is 12.1 Å². The van der Waals surface area contributed by atoms with Crippen LogP contribution in [0.3, 0.4) is 0 Å². The highest BCUT2D eigenvalue weighted by Crippen LogP contribution is 2.25. The lowest BCUT2D eigenvalue weighted by Gasteiger charge is -2.20. The van der Waals surface area contributed by atoms with Crippen LogP contribution in [0.2, 0.25) is 0 Å². The first kappa shape index (κ1) is 8.92. The summed E-state index contributed by atoms with van der Waals surface area (Å²) in [5, 5.41) is 1.02. The van der Waals surface area contributed by atoms with Crippen molar-refractivity contribution in [3.05, 3.63) is 0 Å². The quantitative estimate of drug-likeness (QED) is 0.643. The van der Waals surface area contributed by atoms with Gasteiger partial charge in [0.25, 0.3) is 0 Å². The lowest BCUT2D eigenvalue weighted by molar-refractivity contribution is -0.0229. The molecule has 0 radical (unpaired) electrons. The van der Waals surface area contributed by atoms with Crippen LogP contribution in [0.15, 0.2) is 0 Å². The minimum Gasteiger partial charge on any atom is -0.321 e. The molecular weight excluding hydrogens is 196 g/mol. The molecule has 2 aliphatic heterocycles. The number of hydrogen-bond acceptors (Lipinski definition) is 3. The molecule has 7 heteroatoms. The largest absolute Gasteiger partial charge is 0.345 e. The monoisotopic (exact) mass is 206 g/mol. The number of hydrogen-bond donors (Lipinski definition) is 1. The van der Waals surface area contributed by atoms with Crippen molar-refractivity contribution in [2.75, 3.05) is 13.1 Å². The Morgan fingerprint density at radius 2 is 2.38 bits per heavy atom. The number of nitrogens with zero attached hydrogens (tertiary/aromatic N) is 2. The molecule has 0 saturated carbocycles. The van der Waals surface area contributed by atoms with E-state index in [0.717, 1.165) is 17.9 Å². The van der Waals surface area contributed by atoms with Crippen LogP contribution < -0.4 is 0 Å². The molecule has 2 unspecified atom stereocenters. The molecule has 6 nitrogen and oxygen atoms in total. The Bertz CT molecular complexity index is 259. The standard InChI is InChI=1S/C6H10N2O4S/c9-6-7-3-1-2-5(4-7)8(6)12-13(10)11/h5H,1-4H2,(H,10,11). The molecule has 2 atom stereocenters. The van der Waals surface area contributed by atoms with Gasteiger partial charge in [-0.3, -0.25) is 4.55 Å². The van der Waals surface area contributed by atoms with E-state index in [4.69, 9.17) is 4.55 Å². The van der Waals surface area contributed by atoms with E-state index in [1.807, 2.05) is 0 Å². The van der Waals surface area contributed by atoms with Crippen LogP contribution in [0.4, 0.5) is 4.79 Å². The van der Waals surface area contributed by atoms with Crippen molar-refractivity contribution >= 4 is 17.4 Å². The molecule has 2 amide bonds. The third-order valence-electron chi connectivity index (χ3n) is 2.33. The summed E-state index contributed by atoms with van der Waals surface area (Å²) >= 11 is -2.41. The summed E-state index contributed by atoms with van der Waals surface area (Å²) in [6, 6.07) is -0.359. The van der Waals surface area contributed by atoms with Crippen molar-refractivity contribution in [3.8, 4) is 0 Å². The molecule has 74 valence electrons. The van der Waals surface area contributed by atoms with Gasteiger partial charge in [-0.05, 0) is 12.8 Å². The highest BCUT2D eigenvalue weighted by molar-refractivity contribution is 7.74. The summed E-state index contributed by atoms with van der Waals surface area (Å²) in [6.45, 7) is 1.32. The molecule has 2 saturated heterocycles. The fourth-order valence-corrected chi connectivity index (χ4v) is 2.10. The van der Waals surface area contributed by atoms with Gasteiger partial charge in [-0.2, -0.15) is 9.27 Å². The molecular formula is C6H10N2O4S. The summed E-state index contributed by atoms with van der Waals surface area (Å²) in [7, 11) is 0. The summed E-state index contributed by atoms with van der Waals surface area (Å²) in [4.78, 5) is 13.0. The van der Waals surface area contributed by atoms with Gasteiger partial charge in [0, 0.05) is 13.1 Å². The van der Waals surface area contributed by atoms with Crippen LogP contribution >= 0.6 is 0 Å². The maximum atomic E-state index is 11.4. The zero-order valence-electron chi connectivity index (χ0n) is 6.88. The second-order valence-corrected chi connectivity index (χ2v) is 3.73. The Balaban J connectivity index is 2.10. The molecule has 0 aliphatic carbocycles. The summed E-state index contributed by atoms with van der Waals surface area (Å²) in [5.41, 5.74) is 0. The van der Waals surface area contributed by atoms with Gasteiger partial charge in [-0.15, -0.1) is 4.28 Å².